The molecule has 0 unspecified atom stereocenters. The molecule has 0 amide bonds. The standard InChI is InChI=1S/C13H13NO2/c1-3-9-4-6-10(7-5-9)11-8-13(11,14)12(15)16-2/h1,4-7,11H,8,14H2,2H3/t11-,13-/m1/s1. The second kappa shape index (κ2) is 3.66. The summed E-state index contributed by atoms with van der Waals surface area (Å²) in [6.45, 7) is 0. The molecule has 0 bridgehead atoms. The van der Waals surface area contributed by atoms with Crippen LogP contribution in [0.5, 0.6) is 0 Å². The van der Waals surface area contributed by atoms with E-state index < -0.39 is 5.54 Å². The molecule has 1 aromatic carbocycles. The third-order valence-corrected chi connectivity index (χ3v) is 3.05. The normalized spacial score (nSPS) is 26.9. The number of benzene rings is 1. The van der Waals surface area contributed by atoms with E-state index in [1.54, 1.807) is 0 Å². The molecule has 1 saturated carbocycles. The molecule has 0 radical (unpaired) electrons. The molecule has 0 spiro atoms. The highest BCUT2D eigenvalue weighted by Gasteiger charge is 2.58. The van der Waals surface area contributed by atoms with E-state index in [2.05, 4.69) is 10.7 Å². The SMILES string of the molecule is C#Cc1ccc([C@H]2C[C@]2(N)C(=O)OC)cc1. The first-order valence-corrected chi connectivity index (χ1v) is 5.05. The van der Waals surface area contributed by atoms with Gasteiger partial charge in [-0.3, -0.25) is 4.79 Å². The highest BCUT2D eigenvalue weighted by Crippen LogP contribution is 2.50. The van der Waals surface area contributed by atoms with Crippen LogP contribution in [0.4, 0.5) is 0 Å². The lowest BCUT2D eigenvalue weighted by molar-refractivity contribution is -0.143. The number of methoxy groups -OCH3 is 1. The van der Waals surface area contributed by atoms with E-state index in [0.717, 1.165) is 11.1 Å². The smallest absolute Gasteiger partial charge is 0.326 e. The summed E-state index contributed by atoms with van der Waals surface area (Å²) >= 11 is 0. The van der Waals surface area contributed by atoms with Crippen LogP contribution in [0, 0.1) is 12.3 Å². The average molecular weight is 215 g/mol. The minimum Gasteiger partial charge on any atom is -0.468 e. The summed E-state index contributed by atoms with van der Waals surface area (Å²) < 4.78 is 4.68. The summed E-state index contributed by atoms with van der Waals surface area (Å²) in [5.41, 5.74) is 6.95. The molecular weight excluding hydrogens is 202 g/mol. The quantitative estimate of drug-likeness (QED) is 0.592. The lowest BCUT2D eigenvalue weighted by atomic mass is 10.0. The maximum absolute atomic E-state index is 11.4. The van der Waals surface area contributed by atoms with Crippen LogP contribution < -0.4 is 5.73 Å². The molecule has 0 aromatic heterocycles. The van der Waals surface area contributed by atoms with Gasteiger partial charge in [0.05, 0.1) is 7.11 Å². The molecule has 2 N–H and O–H groups in total. The van der Waals surface area contributed by atoms with Gasteiger partial charge in [0.15, 0.2) is 0 Å². The molecule has 0 heterocycles. The van der Waals surface area contributed by atoms with Crippen molar-refractivity contribution in [2.24, 2.45) is 5.73 Å². The summed E-state index contributed by atoms with van der Waals surface area (Å²) in [4.78, 5) is 11.4. The second-order valence-corrected chi connectivity index (χ2v) is 4.06. The summed E-state index contributed by atoms with van der Waals surface area (Å²) in [5.74, 6) is 2.24. The summed E-state index contributed by atoms with van der Waals surface area (Å²) in [5, 5.41) is 0. The Morgan fingerprint density at radius 3 is 2.69 bits per heavy atom. The average Bonchev–Trinajstić information content (AvgIpc) is 3.02. The number of ether oxygens (including phenoxy) is 1. The van der Waals surface area contributed by atoms with E-state index in [-0.39, 0.29) is 11.9 Å². The van der Waals surface area contributed by atoms with Gasteiger partial charge in [-0.2, -0.15) is 0 Å². The van der Waals surface area contributed by atoms with Gasteiger partial charge in [-0.25, -0.2) is 0 Å². The van der Waals surface area contributed by atoms with Crippen LogP contribution in [0.25, 0.3) is 0 Å². The van der Waals surface area contributed by atoms with Gasteiger partial charge in [-0.15, -0.1) is 6.42 Å². The fraction of sp³-hybridized carbons (Fsp3) is 0.308. The zero-order chi connectivity index (χ0) is 11.8. The minimum atomic E-state index is -0.841. The van der Waals surface area contributed by atoms with Crippen LogP contribution in [0.2, 0.25) is 0 Å². The van der Waals surface area contributed by atoms with Crippen LogP contribution in [0.1, 0.15) is 23.5 Å². The molecule has 0 aliphatic heterocycles. The Bertz CT molecular complexity index is 458. The van der Waals surface area contributed by atoms with Gasteiger partial charge in [-0.1, -0.05) is 18.1 Å². The zero-order valence-electron chi connectivity index (χ0n) is 9.07. The maximum Gasteiger partial charge on any atom is 0.326 e. The monoisotopic (exact) mass is 215 g/mol. The molecule has 2 rings (SSSR count). The summed E-state index contributed by atoms with van der Waals surface area (Å²) in [7, 11) is 1.35. The van der Waals surface area contributed by atoms with Crippen molar-refractivity contribution in [3.8, 4) is 12.3 Å². The third kappa shape index (κ3) is 1.58. The topological polar surface area (TPSA) is 52.3 Å². The van der Waals surface area contributed by atoms with Gasteiger partial charge in [0.25, 0.3) is 0 Å². The molecule has 82 valence electrons. The first-order chi connectivity index (χ1) is 7.61. The number of nitrogens with two attached hydrogens (primary N) is 1. The van der Waals surface area contributed by atoms with Crippen molar-refractivity contribution < 1.29 is 9.53 Å². The van der Waals surface area contributed by atoms with E-state index >= 15 is 0 Å². The molecule has 0 saturated heterocycles. The Morgan fingerprint density at radius 1 is 1.56 bits per heavy atom. The largest absolute Gasteiger partial charge is 0.468 e. The van der Waals surface area contributed by atoms with E-state index in [4.69, 9.17) is 12.2 Å². The summed E-state index contributed by atoms with van der Waals surface area (Å²) in [6.07, 6.45) is 5.90. The lowest BCUT2D eigenvalue weighted by Crippen LogP contribution is -2.35. The van der Waals surface area contributed by atoms with Crippen molar-refractivity contribution >= 4 is 5.97 Å². The molecule has 2 atom stereocenters. The molecule has 1 fully saturated rings. The van der Waals surface area contributed by atoms with Crippen molar-refractivity contribution in [3.05, 3.63) is 35.4 Å². The second-order valence-electron chi connectivity index (χ2n) is 4.06. The van der Waals surface area contributed by atoms with Crippen LogP contribution >= 0.6 is 0 Å². The highest BCUT2D eigenvalue weighted by molar-refractivity contribution is 5.86. The van der Waals surface area contributed by atoms with Crippen molar-refractivity contribution in [2.45, 2.75) is 17.9 Å². The number of hydrogen-bond donors (Lipinski definition) is 1. The molecule has 1 aromatic rings. The van der Waals surface area contributed by atoms with Crippen molar-refractivity contribution in [2.75, 3.05) is 7.11 Å². The fourth-order valence-electron chi connectivity index (χ4n) is 1.92. The maximum atomic E-state index is 11.4. The van der Waals surface area contributed by atoms with Crippen molar-refractivity contribution in [1.82, 2.24) is 0 Å². The first-order valence-electron chi connectivity index (χ1n) is 5.05. The van der Waals surface area contributed by atoms with Crippen LogP contribution in [-0.4, -0.2) is 18.6 Å². The van der Waals surface area contributed by atoms with E-state index in [1.807, 2.05) is 24.3 Å². The Hall–Kier alpha value is -1.79. The van der Waals surface area contributed by atoms with E-state index in [1.165, 1.54) is 7.11 Å². The van der Waals surface area contributed by atoms with Crippen molar-refractivity contribution in [1.29, 1.82) is 0 Å². The summed E-state index contributed by atoms with van der Waals surface area (Å²) in [6, 6.07) is 7.53. The molecule has 16 heavy (non-hydrogen) atoms. The lowest BCUT2D eigenvalue weighted by Gasteiger charge is -2.08. The Kier molecular flexibility index (Phi) is 2.45. The number of hydrogen-bond acceptors (Lipinski definition) is 3. The predicted molar refractivity (Wildman–Crippen MR) is 60.7 cm³/mol. The van der Waals surface area contributed by atoms with Crippen molar-refractivity contribution in [3.63, 3.8) is 0 Å². The number of carbonyl (C=O) groups is 1. The molecule has 1 aliphatic rings. The molecule has 3 heteroatoms. The van der Waals surface area contributed by atoms with Crippen LogP contribution in [-0.2, 0) is 9.53 Å². The Labute approximate surface area is 94.6 Å². The number of terminal acetylenes is 1. The van der Waals surface area contributed by atoms with Gasteiger partial charge in [0.1, 0.15) is 5.54 Å². The van der Waals surface area contributed by atoms with Crippen LogP contribution in [0.3, 0.4) is 0 Å². The van der Waals surface area contributed by atoms with Gasteiger partial charge in [0.2, 0.25) is 0 Å². The van der Waals surface area contributed by atoms with E-state index in [0.29, 0.717) is 6.42 Å². The minimum absolute atomic E-state index is 0.0479. The number of esters is 1. The highest BCUT2D eigenvalue weighted by atomic mass is 16.5. The van der Waals surface area contributed by atoms with Gasteiger partial charge in [-0.05, 0) is 24.1 Å². The predicted octanol–water partition coefficient (Wildman–Crippen LogP) is 1.03. The third-order valence-electron chi connectivity index (χ3n) is 3.05. The molecule has 3 nitrogen and oxygen atoms in total. The van der Waals surface area contributed by atoms with Gasteiger partial charge < -0.3 is 10.5 Å². The van der Waals surface area contributed by atoms with Crippen LogP contribution in [0.15, 0.2) is 24.3 Å². The van der Waals surface area contributed by atoms with E-state index in [9.17, 15) is 4.79 Å². The Balaban J connectivity index is 2.17. The zero-order valence-corrected chi connectivity index (χ0v) is 9.07. The fourth-order valence-corrected chi connectivity index (χ4v) is 1.92. The Morgan fingerprint density at radius 2 is 2.19 bits per heavy atom. The molecule has 1 aliphatic carbocycles. The van der Waals surface area contributed by atoms with Gasteiger partial charge in [0, 0.05) is 11.5 Å². The number of rotatable bonds is 2. The number of carbonyl (C=O) groups excluding carboxylic acids is 1. The van der Waals surface area contributed by atoms with Gasteiger partial charge >= 0.3 is 5.97 Å². The molecular formula is C13H13NO2. The first kappa shape index (κ1) is 10.7.